The highest BCUT2D eigenvalue weighted by Gasteiger charge is 2.66. The summed E-state index contributed by atoms with van der Waals surface area (Å²) in [6.07, 6.45) is 6.83. The molecule has 8 heteroatoms. The zero-order valence-electron chi connectivity index (χ0n) is 32.3. The number of carbonyl (C=O) groups is 2. The lowest BCUT2D eigenvalue weighted by Gasteiger charge is -2.64. The fourth-order valence-electron chi connectivity index (χ4n) is 12.4. The third-order valence-electron chi connectivity index (χ3n) is 15.3. The first-order valence-electron chi connectivity index (χ1n) is 20.2. The predicted molar refractivity (Wildman–Crippen MR) is 208 cm³/mol. The highest BCUT2D eigenvalue weighted by Crippen LogP contribution is 2.69. The maximum Gasteiger partial charge on any atom is 0.303 e. The van der Waals surface area contributed by atoms with Crippen molar-refractivity contribution in [1.29, 1.82) is 0 Å². The molecule has 4 fully saturated rings. The van der Waals surface area contributed by atoms with Crippen LogP contribution in [-0.2, 0) is 17.8 Å². The number of carboxylic acid groups (broad SMARTS) is 1. The number of Topliss-reactive ketones (excluding diaryl/α,β-unsaturated/α-hetero) is 1. The van der Waals surface area contributed by atoms with Gasteiger partial charge in [-0.15, -0.1) is 0 Å². The van der Waals surface area contributed by atoms with Gasteiger partial charge in [0.1, 0.15) is 0 Å². The highest BCUT2D eigenvalue weighted by atomic mass is 16.4. The Balaban J connectivity index is 1.01. The Hall–Kier alpha value is -3.33. The van der Waals surface area contributed by atoms with Crippen LogP contribution in [0.15, 0.2) is 48.5 Å². The third kappa shape index (κ3) is 6.82. The number of hydrogen-bond donors (Lipinski definition) is 5. The van der Waals surface area contributed by atoms with Crippen LogP contribution in [0, 0.1) is 53.3 Å². The van der Waals surface area contributed by atoms with Gasteiger partial charge in [0.2, 0.25) is 0 Å². The molecule has 0 saturated heterocycles. The third-order valence-corrected chi connectivity index (χ3v) is 15.3. The first-order chi connectivity index (χ1) is 25.1. The smallest absolute Gasteiger partial charge is 0.303 e. The van der Waals surface area contributed by atoms with Gasteiger partial charge in [-0.05, 0) is 142 Å². The Bertz CT molecular complexity index is 1860. The zero-order valence-corrected chi connectivity index (χ0v) is 32.3. The maximum absolute atomic E-state index is 12.7. The van der Waals surface area contributed by atoms with E-state index in [2.05, 4.69) is 55.3 Å². The van der Waals surface area contributed by atoms with Crippen LogP contribution in [0.25, 0.3) is 10.9 Å². The Morgan fingerprint density at radius 2 is 1.75 bits per heavy atom. The molecule has 1 aromatic heterocycles. The van der Waals surface area contributed by atoms with Crippen LogP contribution < -0.4 is 5.32 Å². The lowest BCUT2D eigenvalue weighted by molar-refractivity contribution is -0.216. The molecule has 1 heterocycles. The van der Waals surface area contributed by atoms with E-state index in [9.17, 15) is 30.0 Å². The molecule has 0 aliphatic heterocycles. The number of hydrogen-bond acceptors (Lipinski definition) is 7. The van der Waals surface area contributed by atoms with Crippen molar-refractivity contribution in [3.05, 3.63) is 70.9 Å². The van der Waals surface area contributed by atoms with Crippen molar-refractivity contribution < 1.29 is 30.0 Å². The van der Waals surface area contributed by atoms with Crippen molar-refractivity contribution in [3.63, 3.8) is 0 Å². The van der Waals surface area contributed by atoms with Crippen molar-refractivity contribution in [1.82, 2.24) is 4.98 Å². The Labute approximate surface area is 314 Å². The second-order valence-electron chi connectivity index (χ2n) is 18.1. The monoisotopic (exact) mass is 724 g/mol. The maximum atomic E-state index is 12.7. The number of nitrogens with zero attached hydrogens (tertiary/aromatic N) is 1. The number of aliphatic carboxylic acids is 1. The predicted octanol–water partition coefficient (Wildman–Crippen LogP) is 8.12. The SMILES string of the molecule is CC(=O)c1c(C)nc2ccccc2c1NCc1cccc(CC[C@@]2(O)CC[C@@]3(C)C(CC(O)C4C3C[C@H](O)[C@@]3(C)C4CC[C@@H]3[C@H](C)CCC(=O)O)C2)c1. The number of carboxylic acids is 1. The first-order valence-corrected chi connectivity index (χ1v) is 20.2. The average molecular weight is 725 g/mol. The van der Waals surface area contributed by atoms with E-state index in [1.165, 1.54) is 5.56 Å². The number of carbonyl (C=O) groups excluding carboxylic acids is 1. The molecule has 0 amide bonds. The van der Waals surface area contributed by atoms with Crippen LogP contribution in [0.5, 0.6) is 0 Å². The van der Waals surface area contributed by atoms with Crippen LogP contribution in [0.1, 0.15) is 119 Å². The Morgan fingerprint density at radius 1 is 1.00 bits per heavy atom. The zero-order chi connectivity index (χ0) is 37.9. The number of nitrogens with one attached hydrogen (secondary N) is 1. The summed E-state index contributed by atoms with van der Waals surface area (Å²) in [4.78, 5) is 28.7. The molecular weight excluding hydrogens is 665 g/mol. The number of aryl methyl sites for hydroxylation is 2. The molecule has 0 bridgehead atoms. The van der Waals surface area contributed by atoms with E-state index >= 15 is 0 Å². The van der Waals surface area contributed by atoms with E-state index in [1.54, 1.807) is 6.92 Å². The number of benzene rings is 2. The quantitative estimate of drug-likeness (QED) is 0.125. The lowest BCUT2D eigenvalue weighted by Crippen LogP contribution is -2.63. The number of ketones is 1. The number of aromatic nitrogens is 1. The van der Waals surface area contributed by atoms with Gasteiger partial charge < -0.3 is 25.7 Å². The van der Waals surface area contributed by atoms with Gasteiger partial charge >= 0.3 is 5.97 Å². The summed E-state index contributed by atoms with van der Waals surface area (Å²) in [5.41, 5.74) is 4.11. The summed E-state index contributed by atoms with van der Waals surface area (Å²) >= 11 is 0. The number of anilines is 1. The molecule has 286 valence electrons. The number of pyridine rings is 1. The van der Waals surface area contributed by atoms with Gasteiger partial charge in [0.05, 0.1) is 40.3 Å². The van der Waals surface area contributed by atoms with Crippen LogP contribution >= 0.6 is 0 Å². The molecule has 4 saturated carbocycles. The molecule has 4 aliphatic rings. The summed E-state index contributed by atoms with van der Waals surface area (Å²) in [7, 11) is 0. The fourth-order valence-corrected chi connectivity index (χ4v) is 12.4. The van der Waals surface area contributed by atoms with Crippen molar-refractivity contribution in [3.8, 4) is 0 Å². The average Bonchev–Trinajstić information content (AvgIpc) is 3.48. The van der Waals surface area contributed by atoms with Gasteiger partial charge in [-0.1, -0.05) is 63.2 Å². The van der Waals surface area contributed by atoms with Crippen molar-refractivity contribution >= 4 is 28.3 Å². The summed E-state index contributed by atoms with van der Waals surface area (Å²) in [5.74, 6) is 0.425. The highest BCUT2D eigenvalue weighted by molar-refractivity contribution is 6.08. The number of fused-ring (bicyclic) bond motifs is 6. The van der Waals surface area contributed by atoms with Crippen molar-refractivity contribution in [2.45, 2.75) is 130 Å². The Kier molecular flexibility index (Phi) is 10.3. The van der Waals surface area contributed by atoms with Crippen LogP contribution in [0.4, 0.5) is 5.69 Å². The lowest BCUT2D eigenvalue weighted by atomic mass is 9.42. The summed E-state index contributed by atoms with van der Waals surface area (Å²) in [6.45, 7) is 10.8. The van der Waals surface area contributed by atoms with Gasteiger partial charge in [0.15, 0.2) is 5.78 Å². The molecule has 11 atom stereocenters. The van der Waals surface area contributed by atoms with E-state index in [4.69, 9.17) is 0 Å². The standard InChI is InChI=1S/C45H60N2O6/c1-26(13-16-39(51)52)33-14-15-34-41-35(23-38(50)44(33,34)5)43(4)19-20-45(53,24-31(43)22-37(41)49)18-17-29-9-8-10-30(21-29)25-46-42-32-11-6-7-12-36(32)47-27(2)40(42)28(3)48/h6-12,21,26,31,33-35,37-38,41,49-50,53H,13-20,22-25H2,1-5H3,(H,46,47)(H,51,52)/t26-,31?,33-,34?,35?,37?,38+,41?,43+,44-,45-/m1/s1. The van der Waals surface area contributed by atoms with E-state index in [0.29, 0.717) is 44.2 Å². The van der Waals surface area contributed by atoms with E-state index < -0.39 is 23.8 Å². The van der Waals surface area contributed by atoms with Gasteiger partial charge in [-0.25, -0.2) is 0 Å². The minimum atomic E-state index is -0.811. The summed E-state index contributed by atoms with van der Waals surface area (Å²) in [5, 5.41) is 49.7. The van der Waals surface area contributed by atoms with Crippen LogP contribution in [-0.4, -0.2) is 55.0 Å². The number of aliphatic hydroxyl groups excluding tert-OH is 2. The molecule has 7 rings (SSSR count). The Morgan fingerprint density at radius 3 is 2.51 bits per heavy atom. The summed E-state index contributed by atoms with van der Waals surface area (Å²) < 4.78 is 0. The van der Waals surface area contributed by atoms with Gasteiger partial charge in [-0.3, -0.25) is 14.6 Å². The van der Waals surface area contributed by atoms with Gasteiger partial charge in [0.25, 0.3) is 0 Å². The number of para-hydroxylation sites is 1. The number of rotatable bonds is 11. The molecular formula is C45H60N2O6. The molecule has 0 radical (unpaired) electrons. The molecule has 4 aliphatic carbocycles. The number of aliphatic hydroxyl groups is 3. The van der Waals surface area contributed by atoms with E-state index in [-0.39, 0.29) is 58.5 Å². The molecule has 5 unspecified atom stereocenters. The van der Waals surface area contributed by atoms with Crippen LogP contribution in [0.2, 0.25) is 0 Å². The fraction of sp³-hybridized carbons (Fsp3) is 0.622. The normalized spacial score (nSPS) is 35.6. The minimum absolute atomic E-state index is 0.0141. The largest absolute Gasteiger partial charge is 0.481 e. The first kappa shape index (κ1) is 38.0. The molecule has 53 heavy (non-hydrogen) atoms. The van der Waals surface area contributed by atoms with Crippen molar-refractivity contribution in [2.24, 2.45) is 46.3 Å². The molecule has 3 aromatic rings. The van der Waals surface area contributed by atoms with Gasteiger partial charge in [0, 0.05) is 18.4 Å². The topological polar surface area (TPSA) is 140 Å². The van der Waals surface area contributed by atoms with Crippen molar-refractivity contribution in [2.75, 3.05) is 5.32 Å². The summed E-state index contributed by atoms with van der Waals surface area (Å²) in [6, 6.07) is 16.4. The van der Waals surface area contributed by atoms with E-state index in [1.807, 2.05) is 31.2 Å². The van der Waals surface area contributed by atoms with Gasteiger partial charge in [-0.2, -0.15) is 0 Å². The molecule has 0 spiro atoms. The molecule has 8 nitrogen and oxygen atoms in total. The molecule has 5 N–H and O–H groups in total. The second-order valence-corrected chi connectivity index (χ2v) is 18.1. The van der Waals surface area contributed by atoms with E-state index in [0.717, 1.165) is 60.0 Å². The minimum Gasteiger partial charge on any atom is -0.481 e. The van der Waals surface area contributed by atoms with Crippen LogP contribution in [0.3, 0.4) is 0 Å². The second kappa shape index (κ2) is 14.4. The molecule has 2 aromatic carbocycles.